The number of hydrogen-bond donors (Lipinski definition) is 1. The third-order valence-corrected chi connectivity index (χ3v) is 2.47. The Labute approximate surface area is 118 Å². The van der Waals surface area contributed by atoms with Crippen molar-refractivity contribution < 1.29 is 27.4 Å². The van der Waals surface area contributed by atoms with Crippen LogP contribution in [-0.4, -0.2) is 31.9 Å². The van der Waals surface area contributed by atoms with E-state index in [1.54, 1.807) is 12.2 Å². The first-order chi connectivity index (χ1) is 9.24. The molecule has 1 rings (SSSR count). The van der Waals surface area contributed by atoms with Crippen LogP contribution in [0.1, 0.15) is 6.92 Å². The van der Waals surface area contributed by atoms with Crippen LogP contribution in [0.15, 0.2) is 18.2 Å². The van der Waals surface area contributed by atoms with Gasteiger partial charge < -0.3 is 14.8 Å². The van der Waals surface area contributed by atoms with Gasteiger partial charge in [0.15, 0.2) is 0 Å². The van der Waals surface area contributed by atoms with Crippen LogP contribution in [0.3, 0.4) is 0 Å². The van der Waals surface area contributed by atoms with Crippen molar-refractivity contribution in [3.8, 4) is 5.75 Å². The minimum atomic E-state index is -4.95. The second-order valence-corrected chi connectivity index (χ2v) is 4.39. The quantitative estimate of drug-likeness (QED) is 0.908. The number of halogens is 4. The van der Waals surface area contributed by atoms with Gasteiger partial charge in [-0.2, -0.15) is 13.2 Å². The van der Waals surface area contributed by atoms with E-state index in [4.69, 9.17) is 21.1 Å². The van der Waals surface area contributed by atoms with Crippen LogP contribution in [0, 0.1) is 0 Å². The maximum Gasteiger partial charge on any atom is 0.471 e. The van der Waals surface area contributed by atoms with Crippen LogP contribution in [0.5, 0.6) is 5.75 Å². The molecular formula is C12H13ClF3NO3. The van der Waals surface area contributed by atoms with E-state index >= 15 is 0 Å². The molecule has 0 heterocycles. The minimum absolute atomic E-state index is 0.0657. The van der Waals surface area contributed by atoms with Gasteiger partial charge in [-0.05, 0) is 25.1 Å². The van der Waals surface area contributed by atoms with Crippen molar-refractivity contribution >= 4 is 23.2 Å². The van der Waals surface area contributed by atoms with Gasteiger partial charge in [-0.15, -0.1) is 0 Å². The summed E-state index contributed by atoms with van der Waals surface area (Å²) >= 11 is 5.87. The van der Waals surface area contributed by atoms with Crippen LogP contribution in [0.25, 0.3) is 0 Å². The smallest absolute Gasteiger partial charge is 0.471 e. The standard InChI is InChI=1S/C12H13ClF3NO3/c1-7(6-19-2)20-10-4-3-8(5-9(10)13)17-11(18)12(14,15)16/h3-5,7H,6H2,1-2H3,(H,17,18)/t7-/m1/s1. The third kappa shape index (κ3) is 4.90. The zero-order valence-electron chi connectivity index (χ0n) is 10.8. The lowest BCUT2D eigenvalue weighted by atomic mass is 10.3. The summed E-state index contributed by atoms with van der Waals surface area (Å²) < 4.78 is 46.6. The van der Waals surface area contributed by atoms with Crippen molar-refractivity contribution in [3.05, 3.63) is 23.2 Å². The summed E-state index contributed by atoms with van der Waals surface area (Å²) in [6.45, 7) is 2.09. The lowest BCUT2D eigenvalue weighted by Crippen LogP contribution is -2.29. The second-order valence-electron chi connectivity index (χ2n) is 3.98. The summed E-state index contributed by atoms with van der Waals surface area (Å²) in [4.78, 5) is 10.8. The number of anilines is 1. The molecule has 0 unspecified atom stereocenters. The normalized spacial score (nSPS) is 12.9. The highest BCUT2D eigenvalue weighted by Crippen LogP contribution is 2.29. The molecular weight excluding hydrogens is 299 g/mol. The number of carbonyl (C=O) groups excluding carboxylic acids is 1. The van der Waals surface area contributed by atoms with E-state index in [1.807, 2.05) is 0 Å². The van der Waals surface area contributed by atoms with Crippen molar-refractivity contribution in [1.29, 1.82) is 0 Å². The van der Waals surface area contributed by atoms with Crippen LogP contribution >= 0.6 is 11.6 Å². The summed E-state index contributed by atoms with van der Waals surface area (Å²) in [5.41, 5.74) is -0.0657. The Hall–Kier alpha value is -1.47. The van der Waals surface area contributed by atoms with Gasteiger partial charge in [-0.1, -0.05) is 11.6 Å². The first kappa shape index (κ1) is 16.6. The predicted molar refractivity (Wildman–Crippen MR) is 68.1 cm³/mol. The van der Waals surface area contributed by atoms with Gasteiger partial charge in [0.25, 0.3) is 0 Å². The lowest BCUT2D eigenvalue weighted by Gasteiger charge is -2.15. The number of carbonyl (C=O) groups is 1. The number of alkyl halides is 3. The second kappa shape index (κ2) is 6.81. The Balaban J connectivity index is 2.75. The molecule has 0 bridgehead atoms. The first-order valence-electron chi connectivity index (χ1n) is 5.57. The zero-order valence-corrected chi connectivity index (χ0v) is 11.5. The molecule has 0 fully saturated rings. The maximum absolute atomic E-state index is 12.1. The molecule has 8 heteroatoms. The summed E-state index contributed by atoms with van der Waals surface area (Å²) in [5.74, 6) is -1.77. The summed E-state index contributed by atoms with van der Waals surface area (Å²) in [6.07, 6.45) is -5.22. The summed E-state index contributed by atoms with van der Waals surface area (Å²) in [7, 11) is 1.51. The van der Waals surface area contributed by atoms with E-state index in [0.717, 1.165) is 0 Å². The van der Waals surface area contributed by atoms with E-state index in [0.29, 0.717) is 12.4 Å². The number of ether oxygens (including phenoxy) is 2. The average Bonchev–Trinajstić information content (AvgIpc) is 2.31. The fraction of sp³-hybridized carbons (Fsp3) is 0.417. The SMILES string of the molecule is COC[C@@H](C)Oc1ccc(NC(=O)C(F)(F)F)cc1Cl. The highest BCUT2D eigenvalue weighted by Gasteiger charge is 2.38. The van der Waals surface area contributed by atoms with Crippen molar-refractivity contribution in [2.75, 3.05) is 19.0 Å². The van der Waals surface area contributed by atoms with Crippen molar-refractivity contribution in [2.24, 2.45) is 0 Å². The number of methoxy groups -OCH3 is 1. The van der Waals surface area contributed by atoms with Gasteiger partial charge >= 0.3 is 12.1 Å². The van der Waals surface area contributed by atoms with Gasteiger partial charge in [0.2, 0.25) is 0 Å². The number of benzene rings is 1. The molecule has 0 saturated carbocycles. The Bertz CT molecular complexity index is 480. The van der Waals surface area contributed by atoms with Gasteiger partial charge in [-0.25, -0.2) is 0 Å². The molecule has 0 aliphatic carbocycles. The Kier molecular flexibility index (Phi) is 5.64. The highest BCUT2D eigenvalue weighted by atomic mass is 35.5. The monoisotopic (exact) mass is 311 g/mol. The molecule has 1 amide bonds. The van der Waals surface area contributed by atoms with Crippen molar-refractivity contribution in [3.63, 3.8) is 0 Å². The molecule has 0 radical (unpaired) electrons. The molecule has 20 heavy (non-hydrogen) atoms. The Morgan fingerprint density at radius 1 is 1.45 bits per heavy atom. The van der Waals surface area contributed by atoms with Gasteiger partial charge in [0.05, 0.1) is 11.6 Å². The minimum Gasteiger partial charge on any atom is -0.487 e. The van der Waals surface area contributed by atoms with Gasteiger partial charge in [0, 0.05) is 12.8 Å². The number of amides is 1. The van der Waals surface area contributed by atoms with Crippen LogP contribution in [-0.2, 0) is 9.53 Å². The molecule has 0 aliphatic heterocycles. The molecule has 1 aromatic carbocycles. The average molecular weight is 312 g/mol. The number of nitrogens with one attached hydrogen (secondary N) is 1. The first-order valence-corrected chi connectivity index (χ1v) is 5.95. The fourth-order valence-electron chi connectivity index (χ4n) is 1.36. The van der Waals surface area contributed by atoms with E-state index in [2.05, 4.69) is 0 Å². The molecule has 0 spiro atoms. The van der Waals surface area contributed by atoms with E-state index < -0.39 is 12.1 Å². The third-order valence-electron chi connectivity index (χ3n) is 2.18. The number of rotatable bonds is 5. The highest BCUT2D eigenvalue weighted by molar-refractivity contribution is 6.32. The zero-order chi connectivity index (χ0) is 15.3. The van der Waals surface area contributed by atoms with Crippen molar-refractivity contribution in [2.45, 2.75) is 19.2 Å². The topological polar surface area (TPSA) is 47.6 Å². The van der Waals surface area contributed by atoms with Gasteiger partial charge in [-0.3, -0.25) is 4.79 Å². The molecule has 112 valence electrons. The molecule has 4 nitrogen and oxygen atoms in total. The largest absolute Gasteiger partial charge is 0.487 e. The Morgan fingerprint density at radius 2 is 2.10 bits per heavy atom. The van der Waals surface area contributed by atoms with E-state index in [9.17, 15) is 18.0 Å². The molecule has 1 atom stereocenters. The lowest BCUT2D eigenvalue weighted by molar-refractivity contribution is -0.167. The summed E-state index contributed by atoms with van der Waals surface area (Å²) in [5, 5.41) is 1.79. The molecule has 0 saturated heterocycles. The maximum atomic E-state index is 12.1. The molecule has 1 N–H and O–H groups in total. The van der Waals surface area contributed by atoms with E-state index in [-0.39, 0.29) is 16.8 Å². The van der Waals surface area contributed by atoms with Crippen LogP contribution in [0.4, 0.5) is 18.9 Å². The summed E-state index contributed by atoms with van der Waals surface area (Å²) in [6, 6.07) is 3.82. The van der Waals surface area contributed by atoms with Crippen LogP contribution < -0.4 is 10.1 Å². The van der Waals surface area contributed by atoms with Gasteiger partial charge in [0.1, 0.15) is 11.9 Å². The molecule has 0 aromatic heterocycles. The molecule has 1 aromatic rings. The molecule has 0 aliphatic rings. The van der Waals surface area contributed by atoms with E-state index in [1.165, 1.54) is 25.3 Å². The van der Waals surface area contributed by atoms with Crippen LogP contribution in [0.2, 0.25) is 5.02 Å². The van der Waals surface area contributed by atoms with Crippen molar-refractivity contribution in [1.82, 2.24) is 0 Å². The fourth-order valence-corrected chi connectivity index (χ4v) is 1.59. The predicted octanol–water partition coefficient (Wildman–Crippen LogP) is 3.25. The Morgan fingerprint density at radius 3 is 2.60 bits per heavy atom. The number of hydrogen-bond acceptors (Lipinski definition) is 3.